The van der Waals surface area contributed by atoms with Crippen molar-refractivity contribution in [2.24, 2.45) is 0 Å². The van der Waals surface area contributed by atoms with Gasteiger partial charge in [0, 0.05) is 17.7 Å². The Bertz CT molecular complexity index is 540. The summed E-state index contributed by atoms with van der Waals surface area (Å²) < 4.78 is 1.73. The van der Waals surface area contributed by atoms with E-state index < -0.39 is 0 Å². The van der Waals surface area contributed by atoms with E-state index in [9.17, 15) is 4.79 Å². The molecule has 2 rings (SSSR count). The van der Waals surface area contributed by atoms with E-state index >= 15 is 0 Å². The maximum atomic E-state index is 12.0. The molecule has 0 saturated heterocycles. The summed E-state index contributed by atoms with van der Waals surface area (Å²) >= 11 is 5.99. The molecule has 0 amide bonds. The molecule has 94 valence electrons. The summed E-state index contributed by atoms with van der Waals surface area (Å²) in [6.45, 7) is 2.26. The number of pyridine rings is 1. The molecule has 0 fully saturated rings. The van der Waals surface area contributed by atoms with Gasteiger partial charge in [-0.25, -0.2) is 0 Å². The Labute approximate surface area is 122 Å². The Hall–Kier alpha value is -1.19. The van der Waals surface area contributed by atoms with Crippen LogP contribution in [0.4, 0.5) is 0 Å². The molecule has 0 aliphatic rings. The van der Waals surface area contributed by atoms with Gasteiger partial charge in [-0.15, -0.1) is 0 Å². The largest absolute Gasteiger partial charge is 1.00 e. The Morgan fingerprint density at radius 1 is 1.17 bits per heavy atom. The van der Waals surface area contributed by atoms with Crippen LogP contribution < -0.4 is 21.5 Å². The number of ketones is 1. The van der Waals surface area contributed by atoms with Crippen molar-refractivity contribution in [3.05, 3.63) is 64.9 Å². The van der Waals surface area contributed by atoms with Gasteiger partial charge in [0.2, 0.25) is 12.3 Å². The highest BCUT2D eigenvalue weighted by Crippen LogP contribution is 2.05. The van der Waals surface area contributed by atoms with Crippen LogP contribution in [0.15, 0.2) is 48.7 Å². The number of nitrogens with zero attached hydrogens (tertiary/aromatic N) is 1. The Morgan fingerprint density at radius 3 is 2.44 bits per heavy atom. The van der Waals surface area contributed by atoms with E-state index in [1.807, 2.05) is 43.3 Å². The van der Waals surface area contributed by atoms with Crippen LogP contribution in [0.5, 0.6) is 0 Å². The molecule has 0 saturated carbocycles. The lowest BCUT2D eigenvalue weighted by molar-refractivity contribution is -0.681. The predicted octanol–water partition coefficient (Wildman–Crippen LogP) is -0.177. The van der Waals surface area contributed by atoms with Crippen LogP contribution in [-0.2, 0) is 6.54 Å². The highest BCUT2D eigenvalue weighted by atomic mass is 79.9. The number of hydrogen-bond donors (Lipinski definition) is 0. The average molecular weight is 327 g/mol. The van der Waals surface area contributed by atoms with Crippen LogP contribution in [-0.4, -0.2) is 5.78 Å². The van der Waals surface area contributed by atoms with E-state index in [4.69, 9.17) is 11.6 Å². The van der Waals surface area contributed by atoms with Gasteiger partial charge >= 0.3 is 0 Å². The number of carbonyl (C=O) groups excluding carboxylic acids is 1. The molecule has 0 unspecified atom stereocenters. The molecule has 0 aliphatic heterocycles. The first-order valence-electron chi connectivity index (χ1n) is 5.40. The number of carbonyl (C=O) groups is 1. The van der Waals surface area contributed by atoms with Gasteiger partial charge in [-0.2, -0.15) is 4.57 Å². The summed E-state index contributed by atoms with van der Waals surface area (Å²) in [7, 11) is 0. The maximum absolute atomic E-state index is 12.0. The van der Waals surface area contributed by atoms with Crippen molar-refractivity contribution in [3.8, 4) is 0 Å². The summed E-state index contributed by atoms with van der Waals surface area (Å²) in [6.07, 6.45) is 1.80. The minimum Gasteiger partial charge on any atom is -1.00 e. The molecule has 4 heteroatoms. The topological polar surface area (TPSA) is 20.9 Å². The molecular weight excluding hydrogens is 314 g/mol. The highest BCUT2D eigenvalue weighted by molar-refractivity contribution is 6.28. The first-order chi connectivity index (χ1) is 8.16. The molecule has 2 aromatic rings. The lowest BCUT2D eigenvalue weighted by Gasteiger charge is -2.00. The Kier molecular flexibility index (Phi) is 5.51. The van der Waals surface area contributed by atoms with E-state index in [0.717, 1.165) is 5.56 Å². The monoisotopic (exact) mass is 325 g/mol. The highest BCUT2D eigenvalue weighted by Gasteiger charge is 2.14. The van der Waals surface area contributed by atoms with Crippen LogP contribution in [0, 0.1) is 6.92 Å². The number of aryl methyl sites for hydroxylation is 1. The van der Waals surface area contributed by atoms with Gasteiger partial charge in [-0.1, -0.05) is 29.8 Å². The summed E-state index contributed by atoms with van der Waals surface area (Å²) in [5.41, 5.74) is 1.86. The van der Waals surface area contributed by atoms with Crippen LogP contribution in [0.3, 0.4) is 0 Å². The molecule has 0 radical (unpaired) electrons. The number of hydrogen-bond acceptors (Lipinski definition) is 1. The summed E-state index contributed by atoms with van der Waals surface area (Å²) in [4.78, 5) is 12.0. The summed E-state index contributed by atoms with van der Waals surface area (Å²) in [5, 5.41) is 0.563. The standard InChI is InChI=1S/C14H13ClNO.BrH/c1-11-5-7-12(8-6-11)13(17)10-16-9-3-2-4-14(16)15;/h2-9H,10H2,1H3;1H/q+1;/p-1. The third-order valence-electron chi connectivity index (χ3n) is 2.57. The molecule has 0 aliphatic carbocycles. The molecule has 1 aromatic carbocycles. The fraction of sp³-hybridized carbons (Fsp3) is 0.143. The minimum absolute atomic E-state index is 0. The Morgan fingerprint density at radius 2 is 1.83 bits per heavy atom. The Balaban J connectivity index is 0.00000162. The van der Waals surface area contributed by atoms with Crippen LogP contribution in [0.2, 0.25) is 5.15 Å². The number of benzene rings is 1. The van der Waals surface area contributed by atoms with Gasteiger partial charge in [-0.05, 0) is 24.6 Å². The second-order valence-corrected chi connectivity index (χ2v) is 4.33. The van der Waals surface area contributed by atoms with Gasteiger partial charge in [0.1, 0.15) is 0 Å². The zero-order valence-electron chi connectivity index (χ0n) is 9.94. The average Bonchev–Trinajstić information content (AvgIpc) is 2.33. The van der Waals surface area contributed by atoms with Gasteiger partial charge in [-0.3, -0.25) is 4.79 Å². The first kappa shape index (κ1) is 14.9. The molecular formula is C14H13BrClNO. The van der Waals surface area contributed by atoms with Crippen molar-refractivity contribution in [1.29, 1.82) is 0 Å². The zero-order valence-corrected chi connectivity index (χ0v) is 12.3. The number of halogens is 2. The van der Waals surface area contributed by atoms with E-state index in [1.165, 1.54) is 0 Å². The summed E-state index contributed by atoms with van der Waals surface area (Å²) in [5.74, 6) is 0.0584. The number of aromatic nitrogens is 1. The van der Waals surface area contributed by atoms with Crippen molar-refractivity contribution in [3.63, 3.8) is 0 Å². The normalized spacial score (nSPS) is 9.67. The molecule has 1 heterocycles. The molecule has 0 atom stereocenters. The van der Waals surface area contributed by atoms with Crippen LogP contribution in [0.25, 0.3) is 0 Å². The third kappa shape index (κ3) is 3.65. The molecule has 2 nitrogen and oxygen atoms in total. The lowest BCUT2D eigenvalue weighted by Crippen LogP contribution is -3.00. The first-order valence-corrected chi connectivity index (χ1v) is 5.78. The minimum atomic E-state index is 0. The number of rotatable bonds is 3. The molecule has 1 aromatic heterocycles. The van der Waals surface area contributed by atoms with Gasteiger partial charge in [0.15, 0.2) is 6.20 Å². The van der Waals surface area contributed by atoms with Gasteiger partial charge in [0.05, 0.1) is 0 Å². The molecule has 0 N–H and O–H groups in total. The van der Waals surface area contributed by atoms with Crippen molar-refractivity contribution in [2.45, 2.75) is 13.5 Å². The van der Waals surface area contributed by atoms with E-state index in [0.29, 0.717) is 10.7 Å². The van der Waals surface area contributed by atoms with E-state index in [2.05, 4.69) is 0 Å². The summed E-state index contributed by atoms with van der Waals surface area (Å²) in [6, 6.07) is 13.0. The SMILES string of the molecule is Cc1ccc(C(=O)C[n+]2ccccc2Cl)cc1.[Br-]. The van der Waals surface area contributed by atoms with Gasteiger partial charge < -0.3 is 17.0 Å². The fourth-order valence-corrected chi connectivity index (χ4v) is 1.76. The van der Waals surface area contributed by atoms with Crippen molar-refractivity contribution >= 4 is 17.4 Å². The third-order valence-corrected chi connectivity index (χ3v) is 2.92. The maximum Gasteiger partial charge on any atom is 0.275 e. The molecule has 0 bridgehead atoms. The lowest BCUT2D eigenvalue weighted by atomic mass is 10.1. The molecule has 0 spiro atoms. The fourth-order valence-electron chi connectivity index (χ4n) is 1.57. The molecule has 18 heavy (non-hydrogen) atoms. The van der Waals surface area contributed by atoms with Crippen LogP contribution in [0.1, 0.15) is 15.9 Å². The van der Waals surface area contributed by atoms with Crippen LogP contribution >= 0.6 is 11.6 Å². The van der Waals surface area contributed by atoms with Gasteiger partial charge in [0.25, 0.3) is 5.15 Å². The smallest absolute Gasteiger partial charge is 0.275 e. The zero-order chi connectivity index (χ0) is 12.3. The quantitative estimate of drug-likeness (QED) is 0.436. The second-order valence-electron chi connectivity index (χ2n) is 3.94. The van der Waals surface area contributed by atoms with Crippen molar-refractivity contribution in [2.75, 3.05) is 0 Å². The number of Topliss-reactive ketones (excluding diaryl/α,β-unsaturated/α-hetero) is 1. The van der Waals surface area contributed by atoms with E-state index in [-0.39, 0.29) is 29.3 Å². The van der Waals surface area contributed by atoms with E-state index in [1.54, 1.807) is 16.8 Å². The predicted molar refractivity (Wildman–Crippen MR) is 67.2 cm³/mol. The van der Waals surface area contributed by atoms with Crippen molar-refractivity contribution in [1.82, 2.24) is 0 Å². The second kappa shape index (κ2) is 6.66. The van der Waals surface area contributed by atoms with Crippen molar-refractivity contribution < 1.29 is 26.3 Å².